The lowest BCUT2D eigenvalue weighted by atomic mass is 10.1. The maximum Gasteiger partial charge on any atom is 0.218 e. The smallest absolute Gasteiger partial charge is 0.218 e. The summed E-state index contributed by atoms with van der Waals surface area (Å²) < 4.78 is 26.2. The van der Waals surface area contributed by atoms with Crippen LogP contribution in [0.2, 0.25) is 0 Å². The molecule has 0 aliphatic carbocycles. The largest absolute Gasteiger partial charge is 0.398 e. The lowest BCUT2D eigenvalue weighted by molar-refractivity contribution is 0.477. The monoisotopic (exact) mass is 280 g/mol. The minimum absolute atomic E-state index is 0.0289. The van der Waals surface area contributed by atoms with E-state index in [1.807, 2.05) is 12.1 Å². The number of nitrogen functional groups attached to an aromatic ring is 1. The van der Waals surface area contributed by atoms with Crippen molar-refractivity contribution in [3.8, 4) is 0 Å². The molecule has 0 amide bonds. The third-order valence-electron chi connectivity index (χ3n) is 3.44. The highest BCUT2D eigenvalue weighted by Gasteiger charge is 2.27. The molecule has 5 heteroatoms. The van der Waals surface area contributed by atoms with E-state index in [0.29, 0.717) is 30.3 Å². The summed E-state index contributed by atoms with van der Waals surface area (Å²) in [7, 11) is -3.30. The van der Waals surface area contributed by atoms with Crippen LogP contribution in [-0.2, 0) is 15.8 Å². The highest BCUT2D eigenvalue weighted by atomic mass is 32.2. The third-order valence-corrected chi connectivity index (χ3v) is 5.18. The molecule has 19 heavy (non-hydrogen) atoms. The van der Waals surface area contributed by atoms with Crippen molar-refractivity contribution in [2.24, 2.45) is 5.92 Å². The zero-order chi connectivity index (χ0) is 14.0. The van der Waals surface area contributed by atoms with Gasteiger partial charge in [-0.05, 0) is 17.5 Å². The average molecular weight is 280 g/mol. The zero-order valence-electron chi connectivity index (χ0n) is 11.3. The van der Waals surface area contributed by atoms with Crippen LogP contribution in [0.3, 0.4) is 0 Å². The summed E-state index contributed by atoms with van der Waals surface area (Å²) in [5, 5.41) is 0. The van der Waals surface area contributed by atoms with E-state index in [1.54, 1.807) is 18.2 Å². The lowest BCUT2D eigenvalue weighted by Crippen LogP contribution is -2.30. The Hall–Kier alpha value is -1.33. The first-order valence-corrected chi connectivity index (χ1v) is 8.01. The predicted octanol–water partition coefficient (Wildman–Crippen LogP) is 2.00. The fraction of sp³-hybridized carbons (Fsp3) is 0.429. The standard InChI is InChI=1S/C14H20N2O2S/c1-11(2)12-7-8-16(9-12)19(17,18)10-13-5-3-4-6-14(13)15/h3-7,11H,8-10,15H2,1-2H3. The van der Waals surface area contributed by atoms with Gasteiger partial charge in [-0.3, -0.25) is 0 Å². The molecule has 0 radical (unpaired) electrons. The normalized spacial score (nSPS) is 16.9. The fourth-order valence-electron chi connectivity index (χ4n) is 2.14. The fourth-order valence-corrected chi connectivity index (χ4v) is 3.62. The van der Waals surface area contributed by atoms with Gasteiger partial charge in [-0.2, -0.15) is 4.31 Å². The molecular formula is C14H20N2O2S. The van der Waals surface area contributed by atoms with Gasteiger partial charge in [-0.25, -0.2) is 8.42 Å². The number of rotatable bonds is 4. The second-order valence-corrected chi connectivity index (χ2v) is 7.15. The first kappa shape index (κ1) is 14.1. The predicted molar refractivity (Wildman–Crippen MR) is 78.0 cm³/mol. The van der Waals surface area contributed by atoms with Crippen LogP contribution in [0, 0.1) is 5.92 Å². The summed E-state index contributed by atoms with van der Waals surface area (Å²) >= 11 is 0. The van der Waals surface area contributed by atoms with Crippen LogP contribution in [0.15, 0.2) is 35.9 Å². The molecule has 1 aliphatic rings. The Morgan fingerprint density at radius 2 is 2.00 bits per heavy atom. The summed E-state index contributed by atoms with van der Waals surface area (Å²) in [6.07, 6.45) is 2.01. The molecule has 2 rings (SSSR count). The molecule has 0 spiro atoms. The summed E-state index contributed by atoms with van der Waals surface area (Å²) in [6, 6.07) is 7.11. The van der Waals surface area contributed by atoms with Gasteiger partial charge in [0, 0.05) is 18.8 Å². The number of nitrogens with two attached hydrogens (primary N) is 1. The summed E-state index contributed by atoms with van der Waals surface area (Å²) in [5.74, 6) is 0.362. The van der Waals surface area contributed by atoms with Crippen LogP contribution >= 0.6 is 0 Å². The zero-order valence-corrected chi connectivity index (χ0v) is 12.2. The number of para-hydroxylation sites is 1. The topological polar surface area (TPSA) is 63.4 Å². The third kappa shape index (κ3) is 3.16. The van der Waals surface area contributed by atoms with Crippen LogP contribution in [0.25, 0.3) is 0 Å². The number of benzene rings is 1. The highest BCUT2D eigenvalue weighted by Crippen LogP contribution is 2.23. The number of anilines is 1. The number of sulfonamides is 1. The molecule has 1 aliphatic heterocycles. The van der Waals surface area contributed by atoms with E-state index in [4.69, 9.17) is 5.73 Å². The van der Waals surface area contributed by atoms with Crippen LogP contribution in [0.4, 0.5) is 5.69 Å². The molecule has 0 unspecified atom stereocenters. The molecule has 104 valence electrons. The molecule has 4 nitrogen and oxygen atoms in total. The molecule has 0 fully saturated rings. The van der Waals surface area contributed by atoms with Crippen molar-refractivity contribution in [3.63, 3.8) is 0 Å². The summed E-state index contributed by atoms with van der Waals surface area (Å²) in [6.45, 7) is 5.14. The van der Waals surface area contributed by atoms with Gasteiger partial charge in [0.15, 0.2) is 0 Å². The molecule has 0 aromatic heterocycles. The van der Waals surface area contributed by atoms with E-state index in [2.05, 4.69) is 13.8 Å². The van der Waals surface area contributed by atoms with Gasteiger partial charge in [0.25, 0.3) is 0 Å². The Kier molecular flexibility index (Phi) is 3.96. The van der Waals surface area contributed by atoms with Gasteiger partial charge in [0.05, 0.1) is 5.75 Å². The van der Waals surface area contributed by atoms with Gasteiger partial charge < -0.3 is 5.73 Å². The molecule has 1 aromatic rings. The summed E-state index contributed by atoms with van der Waals surface area (Å²) in [5.41, 5.74) is 8.19. The van der Waals surface area contributed by atoms with Crippen molar-refractivity contribution in [2.45, 2.75) is 19.6 Å². The molecule has 0 saturated carbocycles. The van der Waals surface area contributed by atoms with Gasteiger partial charge >= 0.3 is 0 Å². The van der Waals surface area contributed by atoms with Crippen molar-refractivity contribution in [1.82, 2.24) is 4.31 Å². The Bertz CT molecular complexity index is 591. The van der Waals surface area contributed by atoms with Crippen molar-refractivity contribution in [2.75, 3.05) is 18.8 Å². The van der Waals surface area contributed by atoms with Gasteiger partial charge in [0.2, 0.25) is 10.0 Å². The van der Waals surface area contributed by atoms with E-state index in [1.165, 1.54) is 9.88 Å². The van der Waals surface area contributed by atoms with Crippen molar-refractivity contribution < 1.29 is 8.42 Å². The van der Waals surface area contributed by atoms with E-state index >= 15 is 0 Å². The quantitative estimate of drug-likeness (QED) is 0.677. The highest BCUT2D eigenvalue weighted by molar-refractivity contribution is 7.88. The van der Waals surface area contributed by atoms with Crippen molar-refractivity contribution >= 4 is 15.7 Å². The first-order chi connectivity index (χ1) is 8.90. The Labute approximate surface area is 115 Å². The van der Waals surface area contributed by atoms with E-state index in [-0.39, 0.29) is 5.75 Å². The second kappa shape index (κ2) is 5.35. The van der Waals surface area contributed by atoms with Gasteiger partial charge in [-0.1, -0.05) is 43.7 Å². The molecule has 0 atom stereocenters. The Morgan fingerprint density at radius 1 is 1.32 bits per heavy atom. The maximum absolute atomic E-state index is 12.4. The minimum Gasteiger partial charge on any atom is -0.398 e. The molecule has 2 N–H and O–H groups in total. The number of hydrogen-bond acceptors (Lipinski definition) is 3. The number of nitrogens with zero attached hydrogens (tertiary/aromatic N) is 1. The van der Waals surface area contributed by atoms with Gasteiger partial charge in [0.1, 0.15) is 0 Å². The average Bonchev–Trinajstić information content (AvgIpc) is 2.82. The van der Waals surface area contributed by atoms with Crippen molar-refractivity contribution in [3.05, 3.63) is 41.5 Å². The molecule has 0 saturated heterocycles. The molecular weight excluding hydrogens is 260 g/mol. The molecule has 1 heterocycles. The minimum atomic E-state index is -3.30. The maximum atomic E-state index is 12.4. The van der Waals surface area contributed by atoms with Crippen LogP contribution in [-0.4, -0.2) is 25.8 Å². The number of hydrogen-bond donors (Lipinski definition) is 1. The first-order valence-electron chi connectivity index (χ1n) is 6.40. The van der Waals surface area contributed by atoms with Crippen LogP contribution < -0.4 is 5.73 Å². The van der Waals surface area contributed by atoms with Crippen LogP contribution in [0.1, 0.15) is 19.4 Å². The Morgan fingerprint density at radius 3 is 2.58 bits per heavy atom. The van der Waals surface area contributed by atoms with E-state index in [9.17, 15) is 8.42 Å². The summed E-state index contributed by atoms with van der Waals surface area (Å²) in [4.78, 5) is 0. The van der Waals surface area contributed by atoms with E-state index in [0.717, 1.165) is 0 Å². The molecule has 1 aromatic carbocycles. The second-order valence-electron chi connectivity index (χ2n) is 5.18. The van der Waals surface area contributed by atoms with E-state index < -0.39 is 10.0 Å². The van der Waals surface area contributed by atoms with Crippen molar-refractivity contribution in [1.29, 1.82) is 0 Å². The SMILES string of the molecule is CC(C)C1=CCN(S(=O)(=O)Cc2ccccc2N)C1. The van der Waals surface area contributed by atoms with Gasteiger partial charge in [-0.15, -0.1) is 0 Å². The Balaban J connectivity index is 2.11. The molecule has 0 bridgehead atoms. The lowest BCUT2D eigenvalue weighted by Gasteiger charge is -2.18. The van der Waals surface area contributed by atoms with Crippen LogP contribution in [0.5, 0.6) is 0 Å².